The minimum absolute atomic E-state index is 0.0264. The highest BCUT2D eigenvalue weighted by atomic mass is 32.2. The van der Waals surface area contributed by atoms with Crippen molar-refractivity contribution >= 4 is 27.0 Å². The predicted molar refractivity (Wildman–Crippen MR) is 99.7 cm³/mol. The molecule has 1 fully saturated rings. The van der Waals surface area contributed by atoms with Gasteiger partial charge < -0.3 is 15.3 Å². The molecular formula is C18H18N4O4S. The lowest BCUT2D eigenvalue weighted by Gasteiger charge is -2.35. The van der Waals surface area contributed by atoms with Gasteiger partial charge in [0.2, 0.25) is 15.9 Å². The number of aromatic nitrogens is 2. The van der Waals surface area contributed by atoms with Crippen LogP contribution in [-0.2, 0) is 14.8 Å². The van der Waals surface area contributed by atoms with Gasteiger partial charge in [-0.2, -0.15) is 4.31 Å². The molecule has 1 saturated heterocycles. The number of piperazine rings is 1. The third-order valence-corrected chi connectivity index (χ3v) is 6.61. The third-order valence-electron chi connectivity index (χ3n) is 4.74. The van der Waals surface area contributed by atoms with Crippen molar-refractivity contribution in [1.82, 2.24) is 19.6 Å². The van der Waals surface area contributed by atoms with Gasteiger partial charge in [-0.15, -0.1) is 0 Å². The number of aryl methyl sites for hydroxylation is 1. The molecule has 3 N–H and O–H groups in total. The highest BCUT2D eigenvalue weighted by Crippen LogP contribution is 2.31. The lowest BCUT2D eigenvalue weighted by Crippen LogP contribution is -2.52. The number of aromatic amines is 2. The maximum absolute atomic E-state index is 13.3. The van der Waals surface area contributed by atoms with Crippen molar-refractivity contribution in [3.63, 3.8) is 0 Å². The monoisotopic (exact) mass is 386 g/mol. The molecule has 1 aliphatic heterocycles. The van der Waals surface area contributed by atoms with Crippen molar-refractivity contribution in [1.29, 1.82) is 0 Å². The van der Waals surface area contributed by atoms with Crippen molar-refractivity contribution in [2.24, 2.45) is 0 Å². The number of rotatable bonds is 3. The van der Waals surface area contributed by atoms with Crippen LogP contribution in [0.1, 0.15) is 17.2 Å². The molecule has 1 aliphatic rings. The first-order chi connectivity index (χ1) is 12.9. The average Bonchev–Trinajstić information content (AvgIpc) is 3.01. The number of nitrogens with zero attached hydrogens (tertiary/aromatic N) is 1. The van der Waals surface area contributed by atoms with Crippen LogP contribution in [0.3, 0.4) is 0 Å². The number of fused-ring (bicyclic) bond motifs is 1. The number of H-pyrrole nitrogens is 2. The molecule has 2 heterocycles. The number of amides is 1. The smallest absolute Gasteiger partial charge is 0.323 e. The van der Waals surface area contributed by atoms with E-state index in [0.29, 0.717) is 16.6 Å². The number of hydrogen-bond acceptors (Lipinski definition) is 4. The molecule has 0 saturated carbocycles. The molecule has 1 amide bonds. The van der Waals surface area contributed by atoms with Crippen LogP contribution in [0.4, 0.5) is 0 Å². The molecule has 27 heavy (non-hydrogen) atoms. The molecule has 1 atom stereocenters. The van der Waals surface area contributed by atoms with Crippen LogP contribution < -0.4 is 11.0 Å². The van der Waals surface area contributed by atoms with Crippen molar-refractivity contribution in [3.8, 4) is 0 Å². The van der Waals surface area contributed by atoms with Crippen molar-refractivity contribution < 1.29 is 13.2 Å². The van der Waals surface area contributed by atoms with Gasteiger partial charge in [-0.1, -0.05) is 24.3 Å². The maximum atomic E-state index is 13.3. The summed E-state index contributed by atoms with van der Waals surface area (Å²) >= 11 is 0. The minimum Gasteiger partial charge on any atom is -0.353 e. The van der Waals surface area contributed by atoms with Gasteiger partial charge in [0.15, 0.2) is 0 Å². The lowest BCUT2D eigenvalue weighted by atomic mass is 9.99. The number of carbonyl (C=O) groups is 1. The normalized spacial score (nSPS) is 18.6. The van der Waals surface area contributed by atoms with Gasteiger partial charge in [0.25, 0.3) is 0 Å². The lowest BCUT2D eigenvalue weighted by molar-refractivity contribution is -0.126. The first-order valence-electron chi connectivity index (χ1n) is 8.45. The average molecular weight is 386 g/mol. The molecule has 1 unspecified atom stereocenters. The van der Waals surface area contributed by atoms with E-state index in [1.54, 1.807) is 12.1 Å². The van der Waals surface area contributed by atoms with E-state index >= 15 is 0 Å². The van der Waals surface area contributed by atoms with E-state index in [4.69, 9.17) is 0 Å². The van der Waals surface area contributed by atoms with E-state index in [-0.39, 0.29) is 23.9 Å². The molecule has 0 spiro atoms. The Balaban J connectivity index is 1.83. The SMILES string of the molecule is Cc1ccccc1C1C(=O)NCCN1S(=O)(=O)c1ccc2[nH]c(=O)[nH]c2c1. The Bertz CT molecular complexity index is 1200. The van der Waals surface area contributed by atoms with Gasteiger partial charge in [-0.25, -0.2) is 13.2 Å². The van der Waals surface area contributed by atoms with Crippen molar-refractivity contribution in [3.05, 3.63) is 64.1 Å². The van der Waals surface area contributed by atoms with Crippen LogP contribution in [0.2, 0.25) is 0 Å². The molecule has 1 aromatic heterocycles. The first-order valence-corrected chi connectivity index (χ1v) is 9.89. The van der Waals surface area contributed by atoms with E-state index in [2.05, 4.69) is 15.3 Å². The molecule has 8 nitrogen and oxygen atoms in total. The zero-order chi connectivity index (χ0) is 19.2. The molecular weight excluding hydrogens is 368 g/mol. The maximum Gasteiger partial charge on any atom is 0.323 e. The van der Waals surface area contributed by atoms with Gasteiger partial charge in [-0.05, 0) is 36.2 Å². The molecule has 9 heteroatoms. The van der Waals surface area contributed by atoms with Crippen LogP contribution in [0, 0.1) is 6.92 Å². The third kappa shape index (κ3) is 2.94. The summed E-state index contributed by atoms with van der Waals surface area (Å²) in [5.74, 6) is -0.352. The van der Waals surface area contributed by atoms with Gasteiger partial charge in [0, 0.05) is 13.1 Å². The Hall–Kier alpha value is -2.91. The second-order valence-electron chi connectivity index (χ2n) is 6.45. The predicted octanol–water partition coefficient (Wildman–Crippen LogP) is 1.03. The fraction of sp³-hybridized carbons (Fsp3) is 0.222. The second-order valence-corrected chi connectivity index (χ2v) is 8.34. The summed E-state index contributed by atoms with van der Waals surface area (Å²) in [5, 5.41) is 2.75. The first kappa shape index (κ1) is 17.5. The van der Waals surface area contributed by atoms with Crippen LogP contribution >= 0.6 is 0 Å². The number of nitrogens with one attached hydrogen (secondary N) is 3. The highest BCUT2D eigenvalue weighted by Gasteiger charge is 2.40. The molecule has 0 radical (unpaired) electrons. The molecule has 4 rings (SSSR count). The standard InChI is InChI=1S/C18H18N4O4S/c1-11-4-2-3-5-13(11)16-17(23)19-8-9-22(16)27(25,26)12-6-7-14-15(10-12)21-18(24)20-14/h2-7,10,16H,8-9H2,1H3,(H,19,23)(H2,20,21,24). The van der Waals surface area contributed by atoms with Crippen molar-refractivity contribution in [2.45, 2.75) is 17.9 Å². The molecule has 0 aliphatic carbocycles. The zero-order valence-electron chi connectivity index (χ0n) is 14.5. The summed E-state index contributed by atoms with van der Waals surface area (Å²) in [7, 11) is -3.95. The summed E-state index contributed by atoms with van der Waals surface area (Å²) in [5.41, 5.74) is 2.00. The fourth-order valence-corrected chi connectivity index (χ4v) is 5.00. The van der Waals surface area contributed by atoms with Crippen molar-refractivity contribution in [2.75, 3.05) is 13.1 Å². The Morgan fingerprint density at radius 1 is 1.04 bits per heavy atom. The summed E-state index contributed by atoms with van der Waals surface area (Å²) in [6.45, 7) is 2.25. The highest BCUT2D eigenvalue weighted by molar-refractivity contribution is 7.89. The number of benzene rings is 2. The molecule has 3 aromatic rings. The van der Waals surface area contributed by atoms with Crippen LogP contribution in [0.25, 0.3) is 11.0 Å². The van der Waals surface area contributed by atoms with E-state index in [0.717, 1.165) is 5.56 Å². The molecule has 140 valence electrons. The Morgan fingerprint density at radius 2 is 1.78 bits per heavy atom. The minimum atomic E-state index is -3.95. The van der Waals surface area contributed by atoms with E-state index < -0.39 is 21.8 Å². The molecule has 0 bridgehead atoms. The van der Waals surface area contributed by atoms with E-state index in [1.165, 1.54) is 22.5 Å². The summed E-state index contributed by atoms with van der Waals surface area (Å²) in [6, 6.07) is 10.7. The topological polar surface area (TPSA) is 115 Å². The van der Waals surface area contributed by atoms with Gasteiger partial charge in [0.05, 0.1) is 15.9 Å². The summed E-state index contributed by atoms with van der Waals surface area (Å²) in [4.78, 5) is 29.2. The fourth-order valence-electron chi connectivity index (χ4n) is 3.40. The number of sulfonamides is 1. The van der Waals surface area contributed by atoms with Crippen LogP contribution in [0.5, 0.6) is 0 Å². The largest absolute Gasteiger partial charge is 0.353 e. The van der Waals surface area contributed by atoms with Gasteiger partial charge in [0.1, 0.15) is 6.04 Å². The second kappa shape index (κ2) is 6.36. The summed E-state index contributed by atoms with van der Waals surface area (Å²) < 4.78 is 27.9. The number of hydrogen-bond donors (Lipinski definition) is 3. The number of imidazole rings is 1. The molecule has 2 aromatic carbocycles. The zero-order valence-corrected chi connectivity index (χ0v) is 15.3. The van der Waals surface area contributed by atoms with Crippen LogP contribution in [-0.4, -0.2) is 41.7 Å². The van der Waals surface area contributed by atoms with Crippen LogP contribution in [0.15, 0.2) is 52.2 Å². The van der Waals surface area contributed by atoms with Gasteiger partial charge >= 0.3 is 5.69 Å². The van der Waals surface area contributed by atoms with E-state index in [9.17, 15) is 18.0 Å². The number of carbonyl (C=O) groups excluding carboxylic acids is 1. The Kier molecular flexibility index (Phi) is 4.12. The van der Waals surface area contributed by atoms with E-state index in [1.807, 2.05) is 19.1 Å². The summed E-state index contributed by atoms with van der Waals surface area (Å²) in [6.07, 6.45) is 0. The van der Waals surface area contributed by atoms with Gasteiger partial charge in [-0.3, -0.25) is 4.79 Å². The Morgan fingerprint density at radius 3 is 2.56 bits per heavy atom. The Labute approximate surface area is 155 Å². The quantitative estimate of drug-likeness (QED) is 0.623.